The predicted molar refractivity (Wildman–Crippen MR) is 60.1 cm³/mol. The van der Waals surface area contributed by atoms with E-state index in [1.807, 2.05) is 13.1 Å². The van der Waals surface area contributed by atoms with Crippen LogP contribution in [-0.4, -0.2) is 40.7 Å². The minimum absolute atomic E-state index is 0.184. The maximum Gasteiger partial charge on any atom is 0.103 e. The molecule has 5 heteroatoms. The fraction of sp³-hybridized carbons (Fsp3) is 0.727. The van der Waals surface area contributed by atoms with Gasteiger partial charge in [-0.15, -0.1) is 0 Å². The molecule has 0 bridgehead atoms. The van der Waals surface area contributed by atoms with Gasteiger partial charge in [0.25, 0.3) is 0 Å². The molecule has 2 unspecified atom stereocenters. The summed E-state index contributed by atoms with van der Waals surface area (Å²) in [6.45, 7) is 5.69. The van der Waals surface area contributed by atoms with Gasteiger partial charge in [0.2, 0.25) is 0 Å². The quantitative estimate of drug-likeness (QED) is 0.698. The van der Waals surface area contributed by atoms with Crippen LogP contribution < -0.4 is 5.32 Å². The summed E-state index contributed by atoms with van der Waals surface area (Å²) in [6.07, 6.45) is 2.53. The Morgan fingerprint density at radius 1 is 1.75 bits per heavy atom. The number of hydrogen-bond donors (Lipinski definition) is 3. The standard InChI is InChI=1S/C11H19N3O2/c1-8(10-5-13-14-9(10)2)12-6-11(15)3-4-16-7-11/h5,8,12,15H,3-4,6-7H2,1-2H3,(H,13,14). The molecule has 1 fully saturated rings. The summed E-state index contributed by atoms with van der Waals surface area (Å²) < 4.78 is 5.20. The van der Waals surface area contributed by atoms with Crippen molar-refractivity contribution in [3.63, 3.8) is 0 Å². The molecular formula is C11H19N3O2. The molecule has 0 saturated carbocycles. The zero-order chi connectivity index (χ0) is 11.6. The number of aliphatic hydroxyl groups is 1. The third-order valence-corrected chi connectivity index (χ3v) is 3.16. The topological polar surface area (TPSA) is 70.2 Å². The van der Waals surface area contributed by atoms with Crippen LogP contribution in [0.4, 0.5) is 0 Å². The van der Waals surface area contributed by atoms with Crippen LogP contribution in [0.25, 0.3) is 0 Å². The minimum Gasteiger partial charge on any atom is -0.386 e. The summed E-state index contributed by atoms with van der Waals surface area (Å²) in [7, 11) is 0. The van der Waals surface area contributed by atoms with Gasteiger partial charge >= 0.3 is 0 Å². The van der Waals surface area contributed by atoms with Crippen LogP contribution in [-0.2, 0) is 4.74 Å². The van der Waals surface area contributed by atoms with Crippen LogP contribution in [0.5, 0.6) is 0 Å². The summed E-state index contributed by atoms with van der Waals surface area (Å²) in [4.78, 5) is 0. The van der Waals surface area contributed by atoms with E-state index in [2.05, 4.69) is 22.4 Å². The maximum atomic E-state index is 10.1. The monoisotopic (exact) mass is 225 g/mol. The van der Waals surface area contributed by atoms with E-state index in [0.717, 1.165) is 11.3 Å². The van der Waals surface area contributed by atoms with E-state index in [1.165, 1.54) is 0 Å². The Kier molecular flexibility index (Phi) is 3.28. The average Bonchev–Trinajstić information content (AvgIpc) is 2.85. The Hall–Kier alpha value is -0.910. The van der Waals surface area contributed by atoms with E-state index in [-0.39, 0.29) is 6.04 Å². The number of nitrogens with one attached hydrogen (secondary N) is 2. The zero-order valence-electron chi connectivity index (χ0n) is 9.79. The van der Waals surface area contributed by atoms with Crippen molar-refractivity contribution in [2.75, 3.05) is 19.8 Å². The Balaban J connectivity index is 1.88. The van der Waals surface area contributed by atoms with Crippen LogP contribution in [0.2, 0.25) is 0 Å². The van der Waals surface area contributed by atoms with Gasteiger partial charge in [-0.3, -0.25) is 5.10 Å². The number of aromatic nitrogens is 2. The van der Waals surface area contributed by atoms with Crippen LogP contribution in [0, 0.1) is 6.92 Å². The lowest BCUT2D eigenvalue weighted by atomic mass is 10.0. The molecule has 3 N–H and O–H groups in total. The van der Waals surface area contributed by atoms with Gasteiger partial charge in [-0.1, -0.05) is 0 Å². The minimum atomic E-state index is -0.702. The molecule has 1 aromatic heterocycles. The molecular weight excluding hydrogens is 206 g/mol. The molecule has 1 saturated heterocycles. The first-order valence-electron chi connectivity index (χ1n) is 5.64. The molecule has 16 heavy (non-hydrogen) atoms. The van der Waals surface area contributed by atoms with Crippen LogP contribution in [0.3, 0.4) is 0 Å². The lowest BCUT2D eigenvalue weighted by Gasteiger charge is -2.23. The van der Waals surface area contributed by atoms with E-state index in [0.29, 0.717) is 26.2 Å². The lowest BCUT2D eigenvalue weighted by Crippen LogP contribution is -2.41. The van der Waals surface area contributed by atoms with Crippen molar-refractivity contribution in [1.29, 1.82) is 0 Å². The smallest absolute Gasteiger partial charge is 0.103 e. The van der Waals surface area contributed by atoms with Crippen LogP contribution in [0.1, 0.15) is 30.6 Å². The highest BCUT2D eigenvalue weighted by Crippen LogP contribution is 2.20. The first-order valence-corrected chi connectivity index (χ1v) is 5.64. The number of ether oxygens (including phenoxy) is 1. The summed E-state index contributed by atoms with van der Waals surface area (Å²) in [5.41, 5.74) is 1.50. The van der Waals surface area contributed by atoms with E-state index >= 15 is 0 Å². The third kappa shape index (κ3) is 2.42. The highest BCUT2D eigenvalue weighted by molar-refractivity contribution is 5.18. The lowest BCUT2D eigenvalue weighted by molar-refractivity contribution is 0.0252. The predicted octanol–water partition coefficient (Wildman–Crippen LogP) is 0.520. The second-order valence-electron chi connectivity index (χ2n) is 4.58. The molecule has 0 amide bonds. The van der Waals surface area contributed by atoms with Crippen molar-refractivity contribution in [3.8, 4) is 0 Å². The van der Waals surface area contributed by atoms with Crippen LogP contribution >= 0.6 is 0 Å². The van der Waals surface area contributed by atoms with Crippen molar-refractivity contribution < 1.29 is 9.84 Å². The van der Waals surface area contributed by atoms with Gasteiger partial charge in [0, 0.05) is 36.9 Å². The molecule has 2 rings (SSSR count). The molecule has 0 spiro atoms. The van der Waals surface area contributed by atoms with Crippen molar-refractivity contribution in [1.82, 2.24) is 15.5 Å². The highest BCUT2D eigenvalue weighted by atomic mass is 16.5. The van der Waals surface area contributed by atoms with Gasteiger partial charge in [-0.05, 0) is 13.8 Å². The molecule has 5 nitrogen and oxygen atoms in total. The van der Waals surface area contributed by atoms with Crippen molar-refractivity contribution in [3.05, 3.63) is 17.5 Å². The van der Waals surface area contributed by atoms with E-state index < -0.39 is 5.60 Å². The number of nitrogens with zero attached hydrogens (tertiary/aromatic N) is 1. The van der Waals surface area contributed by atoms with E-state index in [1.54, 1.807) is 0 Å². The normalized spacial score (nSPS) is 27.2. The molecule has 0 radical (unpaired) electrons. The van der Waals surface area contributed by atoms with Crippen molar-refractivity contribution in [2.45, 2.75) is 31.9 Å². The fourth-order valence-corrected chi connectivity index (χ4v) is 1.99. The third-order valence-electron chi connectivity index (χ3n) is 3.16. The summed E-state index contributed by atoms with van der Waals surface area (Å²) in [6, 6.07) is 0.184. The molecule has 2 heterocycles. The molecule has 1 aliphatic heterocycles. The van der Waals surface area contributed by atoms with E-state index in [4.69, 9.17) is 4.74 Å². The first-order chi connectivity index (χ1) is 7.61. The number of H-pyrrole nitrogens is 1. The SMILES string of the molecule is Cc1[nH]ncc1C(C)NCC1(O)CCOC1. The van der Waals surface area contributed by atoms with Gasteiger partial charge in [0.15, 0.2) is 0 Å². The Morgan fingerprint density at radius 3 is 3.12 bits per heavy atom. The molecule has 0 aliphatic carbocycles. The fourth-order valence-electron chi connectivity index (χ4n) is 1.99. The average molecular weight is 225 g/mol. The summed E-state index contributed by atoms with van der Waals surface area (Å²) in [5.74, 6) is 0. The van der Waals surface area contributed by atoms with Gasteiger partial charge in [0.05, 0.1) is 12.8 Å². The van der Waals surface area contributed by atoms with Gasteiger partial charge in [-0.2, -0.15) is 5.10 Å². The van der Waals surface area contributed by atoms with Gasteiger partial charge in [0.1, 0.15) is 5.60 Å². The molecule has 1 aliphatic rings. The highest BCUT2D eigenvalue weighted by Gasteiger charge is 2.32. The van der Waals surface area contributed by atoms with Gasteiger partial charge < -0.3 is 15.2 Å². The number of hydrogen-bond acceptors (Lipinski definition) is 4. The number of rotatable bonds is 4. The van der Waals surface area contributed by atoms with Gasteiger partial charge in [-0.25, -0.2) is 0 Å². The van der Waals surface area contributed by atoms with Crippen molar-refractivity contribution >= 4 is 0 Å². The van der Waals surface area contributed by atoms with Crippen LogP contribution in [0.15, 0.2) is 6.20 Å². The summed E-state index contributed by atoms with van der Waals surface area (Å²) >= 11 is 0. The van der Waals surface area contributed by atoms with Crippen molar-refractivity contribution in [2.24, 2.45) is 0 Å². The Labute approximate surface area is 95.2 Å². The molecule has 2 atom stereocenters. The number of aryl methyl sites for hydroxylation is 1. The Morgan fingerprint density at radius 2 is 2.56 bits per heavy atom. The second-order valence-corrected chi connectivity index (χ2v) is 4.58. The van der Waals surface area contributed by atoms with E-state index in [9.17, 15) is 5.11 Å². The largest absolute Gasteiger partial charge is 0.386 e. The molecule has 1 aromatic rings. The second kappa shape index (κ2) is 4.53. The Bertz CT molecular complexity index is 345. The molecule has 90 valence electrons. The first kappa shape index (κ1) is 11.6. The number of aromatic amines is 1. The zero-order valence-corrected chi connectivity index (χ0v) is 9.79. The summed E-state index contributed by atoms with van der Waals surface area (Å²) in [5, 5.41) is 20.3. The molecule has 0 aromatic carbocycles. The maximum absolute atomic E-state index is 10.1.